The monoisotopic (exact) mass is 571 g/mol. The standard InChI is InChI=1S/C30H29N5O5S/c1-39-20-13-11-19(12-14-20)17-31-26(36)16-15-24-29(38)35-28(33-24)21-7-3-4-8-22(21)34-30(35)41-18-27(37)32-23-9-5-6-10-25(23)40-2/h3-14,24H,15-18H2,1-2H3,(H,31,36)(H,32,37)/t24-/m1/s1. The van der Waals surface area contributed by atoms with Crippen LogP contribution in [-0.2, 0) is 20.9 Å². The third kappa shape index (κ3) is 6.41. The molecule has 2 N–H and O–H groups in total. The van der Waals surface area contributed by atoms with Crippen molar-refractivity contribution in [2.24, 2.45) is 9.98 Å². The van der Waals surface area contributed by atoms with Crippen LogP contribution in [0.3, 0.4) is 0 Å². The zero-order valence-electron chi connectivity index (χ0n) is 22.6. The van der Waals surface area contributed by atoms with Crippen LogP contribution in [0.1, 0.15) is 24.0 Å². The van der Waals surface area contributed by atoms with Crippen molar-refractivity contribution in [3.05, 3.63) is 83.9 Å². The summed E-state index contributed by atoms with van der Waals surface area (Å²) in [6, 6.07) is 21.3. The van der Waals surface area contributed by atoms with Gasteiger partial charge in [0.25, 0.3) is 5.91 Å². The molecular formula is C30H29N5O5S. The number of para-hydroxylation sites is 3. The number of amidine groups is 2. The Morgan fingerprint density at radius 1 is 0.951 bits per heavy atom. The average molecular weight is 572 g/mol. The second kappa shape index (κ2) is 12.7. The van der Waals surface area contributed by atoms with Crippen molar-refractivity contribution in [1.29, 1.82) is 0 Å². The lowest BCUT2D eigenvalue weighted by atomic mass is 10.1. The van der Waals surface area contributed by atoms with E-state index in [1.165, 1.54) is 12.0 Å². The van der Waals surface area contributed by atoms with Gasteiger partial charge in [-0.3, -0.25) is 19.4 Å². The summed E-state index contributed by atoms with van der Waals surface area (Å²) in [6.45, 7) is 0.375. The predicted molar refractivity (Wildman–Crippen MR) is 159 cm³/mol. The molecule has 0 radical (unpaired) electrons. The van der Waals surface area contributed by atoms with E-state index in [9.17, 15) is 14.4 Å². The lowest BCUT2D eigenvalue weighted by molar-refractivity contribution is -0.125. The first-order chi connectivity index (χ1) is 20.0. The molecule has 2 aliphatic heterocycles. The zero-order chi connectivity index (χ0) is 28.8. The van der Waals surface area contributed by atoms with Gasteiger partial charge in [0.05, 0.1) is 31.3 Å². The second-order valence-corrected chi connectivity index (χ2v) is 10.2. The third-order valence-corrected chi connectivity index (χ3v) is 7.49. The van der Waals surface area contributed by atoms with Crippen LogP contribution in [0.15, 0.2) is 82.8 Å². The van der Waals surface area contributed by atoms with E-state index < -0.39 is 6.04 Å². The first kappa shape index (κ1) is 27.9. The maximum atomic E-state index is 13.5. The maximum Gasteiger partial charge on any atom is 0.259 e. The number of hydrogen-bond acceptors (Lipinski definition) is 8. The summed E-state index contributed by atoms with van der Waals surface area (Å²) in [5, 5.41) is 6.10. The highest BCUT2D eigenvalue weighted by Gasteiger charge is 2.41. The molecule has 0 spiro atoms. The normalized spacial score (nSPS) is 15.3. The molecule has 0 aromatic heterocycles. The van der Waals surface area contributed by atoms with E-state index in [0.29, 0.717) is 34.7 Å². The molecule has 41 heavy (non-hydrogen) atoms. The molecule has 10 nitrogen and oxygen atoms in total. The second-order valence-electron chi connectivity index (χ2n) is 9.25. The average Bonchev–Trinajstić information content (AvgIpc) is 3.34. The summed E-state index contributed by atoms with van der Waals surface area (Å²) in [4.78, 5) is 49.6. The van der Waals surface area contributed by atoms with Crippen LogP contribution in [0.4, 0.5) is 11.4 Å². The Bertz CT molecular complexity index is 1520. The SMILES string of the molecule is COc1ccc(CNC(=O)CC[C@H]2N=C3c4ccccc4N=C(SCC(=O)Nc4ccccc4OC)N3C2=O)cc1. The molecule has 0 unspecified atom stereocenters. The summed E-state index contributed by atoms with van der Waals surface area (Å²) >= 11 is 1.15. The van der Waals surface area contributed by atoms with Crippen LogP contribution in [0.2, 0.25) is 0 Å². The number of thioether (sulfide) groups is 1. The van der Waals surface area contributed by atoms with Crippen LogP contribution in [-0.4, -0.2) is 59.6 Å². The largest absolute Gasteiger partial charge is 0.497 e. The number of nitrogens with one attached hydrogen (secondary N) is 2. The molecule has 0 saturated heterocycles. The van der Waals surface area contributed by atoms with E-state index in [0.717, 1.165) is 28.6 Å². The Morgan fingerprint density at radius 3 is 2.49 bits per heavy atom. The summed E-state index contributed by atoms with van der Waals surface area (Å²) in [5.41, 5.74) is 2.90. The number of rotatable bonds is 10. The number of ether oxygens (including phenoxy) is 2. The number of benzene rings is 3. The summed E-state index contributed by atoms with van der Waals surface area (Å²) < 4.78 is 10.5. The molecule has 210 valence electrons. The lowest BCUT2D eigenvalue weighted by Crippen LogP contribution is -2.41. The van der Waals surface area contributed by atoms with Crippen LogP contribution in [0, 0.1) is 0 Å². The van der Waals surface area contributed by atoms with Gasteiger partial charge in [-0.05, 0) is 48.4 Å². The topological polar surface area (TPSA) is 122 Å². The Balaban J connectivity index is 1.22. The van der Waals surface area contributed by atoms with E-state index in [-0.39, 0.29) is 36.3 Å². The van der Waals surface area contributed by atoms with Gasteiger partial charge in [0.2, 0.25) is 11.8 Å². The number of amides is 3. The quantitative estimate of drug-likeness (QED) is 0.378. The molecule has 0 bridgehead atoms. The molecule has 3 aromatic rings. The first-order valence-corrected chi connectivity index (χ1v) is 14.0. The van der Waals surface area contributed by atoms with E-state index in [4.69, 9.17) is 14.5 Å². The van der Waals surface area contributed by atoms with Crippen LogP contribution in [0.25, 0.3) is 0 Å². The first-order valence-electron chi connectivity index (χ1n) is 13.0. The Morgan fingerprint density at radius 2 is 1.71 bits per heavy atom. The Hall–Kier alpha value is -4.64. The van der Waals surface area contributed by atoms with Crippen LogP contribution >= 0.6 is 11.8 Å². The van der Waals surface area contributed by atoms with Crippen molar-refractivity contribution in [2.45, 2.75) is 25.4 Å². The number of methoxy groups -OCH3 is 2. The highest BCUT2D eigenvalue weighted by molar-refractivity contribution is 8.14. The van der Waals surface area contributed by atoms with Gasteiger partial charge in [-0.1, -0.05) is 48.2 Å². The van der Waals surface area contributed by atoms with Crippen molar-refractivity contribution in [3.8, 4) is 11.5 Å². The predicted octanol–water partition coefficient (Wildman–Crippen LogP) is 4.13. The summed E-state index contributed by atoms with van der Waals surface area (Å²) in [6.07, 6.45) is 0.390. The van der Waals surface area contributed by atoms with E-state index in [2.05, 4.69) is 15.6 Å². The highest BCUT2D eigenvalue weighted by atomic mass is 32.2. The van der Waals surface area contributed by atoms with Crippen molar-refractivity contribution < 1.29 is 23.9 Å². The number of carbonyl (C=O) groups excluding carboxylic acids is 3. The van der Waals surface area contributed by atoms with Crippen LogP contribution < -0.4 is 20.1 Å². The molecule has 3 amide bonds. The molecule has 5 rings (SSSR count). The molecular weight excluding hydrogens is 542 g/mol. The summed E-state index contributed by atoms with van der Waals surface area (Å²) in [5.74, 6) is 1.09. The number of aliphatic imine (C=N–C) groups is 2. The van der Waals surface area contributed by atoms with Crippen LogP contribution in [0.5, 0.6) is 11.5 Å². The fourth-order valence-corrected chi connectivity index (χ4v) is 5.25. The Kier molecular flexibility index (Phi) is 8.64. The van der Waals surface area contributed by atoms with Gasteiger partial charge >= 0.3 is 0 Å². The number of nitrogens with zero attached hydrogens (tertiary/aromatic N) is 3. The molecule has 0 fully saturated rings. The van der Waals surface area contributed by atoms with E-state index in [1.54, 1.807) is 25.3 Å². The molecule has 11 heteroatoms. The maximum absolute atomic E-state index is 13.5. The van der Waals surface area contributed by atoms with Gasteiger partial charge in [0, 0.05) is 18.5 Å². The molecule has 1 atom stereocenters. The minimum absolute atomic E-state index is 0.0224. The Labute approximate surface area is 241 Å². The minimum atomic E-state index is -0.726. The summed E-state index contributed by atoms with van der Waals surface area (Å²) in [7, 11) is 3.14. The fourth-order valence-electron chi connectivity index (χ4n) is 4.45. The lowest BCUT2D eigenvalue weighted by Gasteiger charge is -2.25. The molecule has 3 aromatic carbocycles. The van der Waals surface area contributed by atoms with Crippen molar-refractivity contribution in [2.75, 3.05) is 25.3 Å². The van der Waals surface area contributed by atoms with Gasteiger partial charge in [-0.2, -0.15) is 0 Å². The molecule has 0 saturated carbocycles. The molecule has 0 aliphatic carbocycles. The van der Waals surface area contributed by atoms with Gasteiger partial charge in [0.1, 0.15) is 23.4 Å². The van der Waals surface area contributed by atoms with Crippen molar-refractivity contribution >= 4 is 51.9 Å². The van der Waals surface area contributed by atoms with Gasteiger partial charge in [0.15, 0.2) is 5.17 Å². The van der Waals surface area contributed by atoms with Gasteiger partial charge in [-0.25, -0.2) is 9.89 Å². The molecule has 2 heterocycles. The van der Waals surface area contributed by atoms with E-state index in [1.807, 2.05) is 54.6 Å². The minimum Gasteiger partial charge on any atom is -0.497 e. The highest BCUT2D eigenvalue weighted by Crippen LogP contribution is 2.34. The van der Waals surface area contributed by atoms with E-state index >= 15 is 0 Å². The van der Waals surface area contributed by atoms with Gasteiger partial charge < -0.3 is 20.1 Å². The number of fused-ring (bicyclic) bond motifs is 3. The number of carbonyl (C=O) groups is 3. The van der Waals surface area contributed by atoms with Crippen molar-refractivity contribution in [3.63, 3.8) is 0 Å². The van der Waals surface area contributed by atoms with Crippen molar-refractivity contribution in [1.82, 2.24) is 10.2 Å². The number of anilines is 1. The molecule has 2 aliphatic rings. The number of hydrogen-bond donors (Lipinski definition) is 2. The zero-order valence-corrected chi connectivity index (χ0v) is 23.4. The third-order valence-electron chi connectivity index (χ3n) is 6.55. The fraction of sp³-hybridized carbons (Fsp3) is 0.233. The smallest absolute Gasteiger partial charge is 0.259 e. The van der Waals surface area contributed by atoms with Gasteiger partial charge in [-0.15, -0.1) is 0 Å².